The van der Waals surface area contributed by atoms with E-state index < -0.39 is 0 Å². The van der Waals surface area contributed by atoms with Gasteiger partial charge in [0, 0.05) is 12.1 Å². The second-order valence-electron chi connectivity index (χ2n) is 4.12. The molecule has 0 saturated heterocycles. The quantitative estimate of drug-likeness (QED) is 0.640. The molecular weight excluding hydrogens is 162 g/mol. The topological polar surface area (TPSA) is 29.4 Å². The molecule has 1 aliphatic heterocycles. The highest BCUT2D eigenvalue weighted by molar-refractivity contribution is 6.29. The van der Waals surface area contributed by atoms with Crippen molar-refractivity contribution in [3.63, 3.8) is 0 Å². The van der Waals surface area contributed by atoms with E-state index in [1.165, 1.54) is 11.8 Å². The Balaban J connectivity index is 3.02. The number of carbonyl (C=O) groups is 1. The molecule has 0 atom stereocenters. The number of hydrogen-bond donors (Lipinski definition) is 0. The van der Waals surface area contributed by atoms with Crippen molar-refractivity contribution in [2.24, 2.45) is 16.8 Å². The zero-order chi connectivity index (χ0) is 10.0. The summed E-state index contributed by atoms with van der Waals surface area (Å²) in [5, 5.41) is 0. The molecule has 0 fully saturated rings. The van der Waals surface area contributed by atoms with Crippen molar-refractivity contribution >= 4 is 12.0 Å². The smallest absolute Gasteiger partial charge is 0.177 e. The Labute approximate surface area is 79.8 Å². The summed E-state index contributed by atoms with van der Waals surface area (Å²) in [7, 11) is 0. The maximum Gasteiger partial charge on any atom is 0.177 e. The zero-order valence-corrected chi connectivity index (χ0v) is 8.79. The first-order chi connectivity index (χ1) is 6.02. The van der Waals surface area contributed by atoms with E-state index >= 15 is 0 Å². The van der Waals surface area contributed by atoms with Gasteiger partial charge in [-0.05, 0) is 17.4 Å². The van der Waals surface area contributed by atoms with Crippen LogP contribution in [0.1, 0.15) is 34.1 Å². The van der Waals surface area contributed by atoms with Crippen molar-refractivity contribution in [1.29, 1.82) is 0 Å². The van der Waals surface area contributed by atoms with Crippen LogP contribution in [-0.4, -0.2) is 12.0 Å². The van der Waals surface area contributed by atoms with E-state index in [2.05, 4.69) is 32.7 Å². The molecule has 0 amide bonds. The van der Waals surface area contributed by atoms with Crippen molar-refractivity contribution < 1.29 is 4.79 Å². The van der Waals surface area contributed by atoms with Crippen LogP contribution in [0.15, 0.2) is 16.3 Å². The maximum absolute atomic E-state index is 11.2. The second kappa shape index (κ2) is 3.86. The molecule has 0 bridgehead atoms. The molecule has 0 aromatic heterocycles. The summed E-state index contributed by atoms with van der Waals surface area (Å²) in [6, 6.07) is 0. The fourth-order valence-electron chi connectivity index (χ4n) is 1.57. The third kappa shape index (κ3) is 2.27. The lowest BCUT2D eigenvalue weighted by Gasteiger charge is -2.19. The van der Waals surface area contributed by atoms with Crippen LogP contribution in [0.5, 0.6) is 0 Å². The highest BCUT2D eigenvalue weighted by atomic mass is 16.1. The van der Waals surface area contributed by atoms with E-state index in [0.717, 1.165) is 5.70 Å². The predicted octanol–water partition coefficient (Wildman–Crippen LogP) is 2.60. The first kappa shape index (κ1) is 10.2. The first-order valence-electron chi connectivity index (χ1n) is 4.82. The van der Waals surface area contributed by atoms with Gasteiger partial charge in [0.05, 0.1) is 6.21 Å². The van der Waals surface area contributed by atoms with Gasteiger partial charge in [0.15, 0.2) is 5.78 Å². The Hall–Kier alpha value is -0.920. The molecule has 0 aromatic carbocycles. The number of nitrogens with zero attached hydrogens (tertiary/aromatic N) is 1. The van der Waals surface area contributed by atoms with E-state index in [-0.39, 0.29) is 5.78 Å². The standard InChI is InChI=1S/C11H17NO/c1-7(2)10-5-9(13)6-12-11(10)8(3)4/h6-8H,5H2,1-4H3. The minimum absolute atomic E-state index is 0.133. The average molecular weight is 179 g/mol. The maximum atomic E-state index is 11.2. The molecule has 1 aliphatic rings. The first-order valence-corrected chi connectivity index (χ1v) is 4.82. The fourth-order valence-corrected chi connectivity index (χ4v) is 1.57. The molecule has 0 aliphatic carbocycles. The lowest BCUT2D eigenvalue weighted by atomic mass is 9.90. The summed E-state index contributed by atoms with van der Waals surface area (Å²) in [5.41, 5.74) is 2.32. The second-order valence-corrected chi connectivity index (χ2v) is 4.12. The fraction of sp³-hybridized carbons (Fsp3) is 0.636. The number of Topliss-reactive ketones (excluding diaryl/α,β-unsaturated/α-hetero) is 1. The van der Waals surface area contributed by atoms with E-state index in [1.54, 1.807) is 0 Å². The van der Waals surface area contributed by atoms with Crippen LogP contribution in [-0.2, 0) is 4.79 Å². The van der Waals surface area contributed by atoms with Gasteiger partial charge < -0.3 is 0 Å². The lowest BCUT2D eigenvalue weighted by molar-refractivity contribution is -0.112. The van der Waals surface area contributed by atoms with Crippen molar-refractivity contribution in [2.45, 2.75) is 34.1 Å². The third-order valence-corrected chi connectivity index (χ3v) is 2.29. The Bertz CT molecular complexity index is 272. The van der Waals surface area contributed by atoms with Gasteiger partial charge in [0.25, 0.3) is 0 Å². The van der Waals surface area contributed by atoms with E-state index in [1.807, 2.05) is 0 Å². The summed E-state index contributed by atoms with van der Waals surface area (Å²) >= 11 is 0. The SMILES string of the molecule is CC(C)C1=C(C(C)C)N=CC(=O)C1. The van der Waals surface area contributed by atoms with Gasteiger partial charge in [0.2, 0.25) is 0 Å². The number of hydrogen-bond acceptors (Lipinski definition) is 2. The van der Waals surface area contributed by atoms with Gasteiger partial charge in [-0.1, -0.05) is 27.7 Å². The molecular formula is C11H17NO. The Morgan fingerprint density at radius 1 is 1.23 bits per heavy atom. The highest BCUT2D eigenvalue weighted by Gasteiger charge is 2.19. The molecule has 72 valence electrons. The van der Waals surface area contributed by atoms with Crippen molar-refractivity contribution in [3.8, 4) is 0 Å². The van der Waals surface area contributed by atoms with Gasteiger partial charge in [-0.3, -0.25) is 9.79 Å². The molecule has 2 nitrogen and oxygen atoms in total. The summed E-state index contributed by atoms with van der Waals surface area (Å²) in [4.78, 5) is 15.4. The molecule has 0 N–H and O–H groups in total. The van der Waals surface area contributed by atoms with Crippen LogP contribution in [0.3, 0.4) is 0 Å². The number of ketones is 1. The van der Waals surface area contributed by atoms with E-state index in [4.69, 9.17) is 0 Å². The van der Waals surface area contributed by atoms with Crippen LogP contribution in [0.2, 0.25) is 0 Å². The number of aliphatic imine (C=N–C) groups is 1. The average Bonchev–Trinajstić information content (AvgIpc) is 2.03. The molecule has 0 radical (unpaired) electrons. The van der Waals surface area contributed by atoms with Gasteiger partial charge in [-0.15, -0.1) is 0 Å². The number of carbonyl (C=O) groups excluding carboxylic acids is 1. The molecule has 0 aromatic rings. The molecule has 13 heavy (non-hydrogen) atoms. The minimum Gasteiger partial charge on any atom is -0.293 e. The summed E-state index contributed by atoms with van der Waals surface area (Å²) < 4.78 is 0. The normalized spacial score (nSPS) is 17.8. The monoisotopic (exact) mass is 179 g/mol. The van der Waals surface area contributed by atoms with Crippen molar-refractivity contribution in [2.75, 3.05) is 0 Å². The van der Waals surface area contributed by atoms with Gasteiger partial charge >= 0.3 is 0 Å². The largest absolute Gasteiger partial charge is 0.293 e. The van der Waals surface area contributed by atoms with Crippen LogP contribution in [0.4, 0.5) is 0 Å². The lowest BCUT2D eigenvalue weighted by Crippen LogP contribution is -2.14. The van der Waals surface area contributed by atoms with Gasteiger partial charge in [0.1, 0.15) is 0 Å². The summed E-state index contributed by atoms with van der Waals surface area (Å²) in [6.07, 6.45) is 2.02. The number of allylic oxidation sites excluding steroid dienone is 2. The Morgan fingerprint density at radius 3 is 2.31 bits per heavy atom. The van der Waals surface area contributed by atoms with E-state index in [0.29, 0.717) is 18.3 Å². The van der Waals surface area contributed by atoms with Gasteiger partial charge in [-0.25, -0.2) is 0 Å². The molecule has 1 heterocycles. The minimum atomic E-state index is 0.133. The predicted molar refractivity (Wildman–Crippen MR) is 54.8 cm³/mol. The van der Waals surface area contributed by atoms with Crippen LogP contribution >= 0.6 is 0 Å². The zero-order valence-electron chi connectivity index (χ0n) is 8.79. The van der Waals surface area contributed by atoms with Crippen LogP contribution in [0.25, 0.3) is 0 Å². The summed E-state index contributed by atoms with van der Waals surface area (Å²) in [5.74, 6) is 0.980. The van der Waals surface area contributed by atoms with Crippen molar-refractivity contribution in [3.05, 3.63) is 11.3 Å². The Kier molecular flexibility index (Phi) is 3.02. The van der Waals surface area contributed by atoms with Crippen LogP contribution in [0, 0.1) is 11.8 Å². The molecule has 1 rings (SSSR count). The summed E-state index contributed by atoms with van der Waals surface area (Å²) in [6.45, 7) is 8.47. The van der Waals surface area contributed by atoms with E-state index in [9.17, 15) is 4.79 Å². The molecule has 0 spiro atoms. The molecule has 0 unspecified atom stereocenters. The Morgan fingerprint density at radius 2 is 1.85 bits per heavy atom. The number of rotatable bonds is 2. The molecule has 2 heteroatoms. The third-order valence-electron chi connectivity index (χ3n) is 2.29. The van der Waals surface area contributed by atoms with Crippen LogP contribution < -0.4 is 0 Å². The highest BCUT2D eigenvalue weighted by Crippen LogP contribution is 2.27. The van der Waals surface area contributed by atoms with Crippen molar-refractivity contribution in [1.82, 2.24) is 0 Å². The molecule has 0 saturated carbocycles. The van der Waals surface area contributed by atoms with Gasteiger partial charge in [-0.2, -0.15) is 0 Å².